The summed E-state index contributed by atoms with van der Waals surface area (Å²) < 4.78 is 0. The van der Waals surface area contributed by atoms with Gasteiger partial charge < -0.3 is 0 Å². The zero-order valence-corrected chi connectivity index (χ0v) is 17.4. The van der Waals surface area contributed by atoms with Gasteiger partial charge in [-0.25, -0.2) is 0 Å². The van der Waals surface area contributed by atoms with E-state index in [1.807, 2.05) is 0 Å². The summed E-state index contributed by atoms with van der Waals surface area (Å²) in [5.41, 5.74) is 7.16. The molecule has 0 fully saturated rings. The first-order valence-corrected chi connectivity index (χ1v) is 10.8. The highest BCUT2D eigenvalue weighted by atomic mass is 14.4. The van der Waals surface area contributed by atoms with Gasteiger partial charge in [-0.1, -0.05) is 111 Å². The van der Waals surface area contributed by atoms with E-state index in [-0.39, 0.29) is 11.3 Å². The molecular weight excluding hydrogens is 360 g/mol. The second-order valence-electron chi connectivity index (χ2n) is 8.97. The fraction of sp³-hybridized carbons (Fsp3) is 0.133. The minimum absolute atomic E-state index is 0.00985. The Morgan fingerprint density at radius 3 is 1.50 bits per heavy atom. The van der Waals surface area contributed by atoms with Gasteiger partial charge in [0.2, 0.25) is 0 Å². The fourth-order valence-corrected chi connectivity index (χ4v) is 5.62. The Labute approximate surface area is 177 Å². The number of hydrogen-bond acceptors (Lipinski definition) is 0. The van der Waals surface area contributed by atoms with Gasteiger partial charge in [0.15, 0.2) is 0 Å². The van der Waals surface area contributed by atoms with Gasteiger partial charge in [-0.2, -0.15) is 0 Å². The maximum atomic E-state index is 2.36. The van der Waals surface area contributed by atoms with Crippen LogP contribution < -0.4 is 0 Å². The van der Waals surface area contributed by atoms with Gasteiger partial charge in [0, 0.05) is 11.3 Å². The monoisotopic (exact) mass is 384 g/mol. The molecule has 5 aromatic rings. The van der Waals surface area contributed by atoms with Crippen LogP contribution in [-0.2, 0) is 5.41 Å². The molecule has 5 aromatic carbocycles. The maximum absolute atomic E-state index is 2.36. The van der Waals surface area contributed by atoms with Crippen LogP contribution in [0.4, 0.5) is 0 Å². The summed E-state index contributed by atoms with van der Waals surface area (Å²) in [7, 11) is 0. The summed E-state index contributed by atoms with van der Waals surface area (Å²) in [6, 6.07) is 38.1. The van der Waals surface area contributed by atoms with Crippen molar-refractivity contribution in [3.8, 4) is 0 Å². The van der Waals surface area contributed by atoms with Crippen molar-refractivity contribution in [3.63, 3.8) is 0 Å². The lowest BCUT2D eigenvalue weighted by atomic mass is 9.63. The van der Waals surface area contributed by atoms with Gasteiger partial charge in [0.25, 0.3) is 0 Å². The molecule has 0 bridgehead atoms. The minimum Gasteiger partial charge on any atom is -0.0619 e. The Morgan fingerprint density at radius 2 is 0.967 bits per heavy atom. The molecule has 0 nitrogen and oxygen atoms in total. The van der Waals surface area contributed by atoms with Crippen LogP contribution in [0.2, 0.25) is 0 Å². The lowest BCUT2D eigenvalue weighted by molar-refractivity contribution is 0.598. The third-order valence-corrected chi connectivity index (χ3v) is 6.99. The number of benzene rings is 5. The molecular formula is C30H24. The quantitative estimate of drug-likeness (QED) is 0.258. The van der Waals surface area contributed by atoms with E-state index in [0.29, 0.717) is 0 Å². The van der Waals surface area contributed by atoms with Gasteiger partial charge in [-0.05, 0) is 55.4 Å². The van der Waals surface area contributed by atoms with E-state index in [1.165, 1.54) is 49.4 Å². The van der Waals surface area contributed by atoms with E-state index in [4.69, 9.17) is 0 Å². The number of hydrogen-bond donors (Lipinski definition) is 0. The van der Waals surface area contributed by atoms with Crippen LogP contribution in [0.25, 0.3) is 21.5 Å². The van der Waals surface area contributed by atoms with Crippen molar-refractivity contribution < 1.29 is 0 Å². The van der Waals surface area contributed by atoms with Gasteiger partial charge in [0.05, 0.1) is 0 Å². The third kappa shape index (κ3) is 2.34. The van der Waals surface area contributed by atoms with E-state index < -0.39 is 0 Å². The lowest BCUT2D eigenvalue weighted by Crippen LogP contribution is -2.29. The van der Waals surface area contributed by atoms with Crippen molar-refractivity contribution >= 4 is 21.5 Å². The highest BCUT2D eigenvalue weighted by Crippen LogP contribution is 2.51. The molecule has 0 N–H and O–H groups in total. The molecule has 0 amide bonds. The van der Waals surface area contributed by atoms with Gasteiger partial charge in [-0.3, -0.25) is 0 Å². The summed E-state index contributed by atoms with van der Waals surface area (Å²) in [4.78, 5) is 0. The first-order valence-electron chi connectivity index (χ1n) is 10.8. The van der Waals surface area contributed by atoms with E-state index in [9.17, 15) is 0 Å². The van der Waals surface area contributed by atoms with Crippen LogP contribution in [0.3, 0.4) is 0 Å². The SMILES string of the molecule is CC1(C)c2ccccc2C(c2c3ccccc3cc3ccccc23)c2ccccc21. The van der Waals surface area contributed by atoms with Crippen molar-refractivity contribution in [2.45, 2.75) is 25.2 Å². The van der Waals surface area contributed by atoms with Crippen molar-refractivity contribution in [1.82, 2.24) is 0 Å². The van der Waals surface area contributed by atoms with Crippen LogP contribution in [0.1, 0.15) is 47.6 Å². The molecule has 0 saturated carbocycles. The predicted molar refractivity (Wildman–Crippen MR) is 127 cm³/mol. The standard InChI is InChI=1S/C30H24/c1-30(2)26-17-9-7-15-24(26)29(25-16-8-10-18-27(25)30)28-22-13-5-3-11-20(22)19-21-12-4-6-14-23(21)28/h3-19,29H,1-2H3. The molecule has 1 aliphatic rings. The Balaban J connectivity index is 1.81. The van der Waals surface area contributed by atoms with E-state index in [2.05, 4.69) is 117 Å². The Morgan fingerprint density at radius 1 is 0.533 bits per heavy atom. The van der Waals surface area contributed by atoms with Crippen LogP contribution in [0, 0.1) is 0 Å². The van der Waals surface area contributed by atoms with E-state index in [1.54, 1.807) is 0 Å². The summed E-state index contributed by atoms with van der Waals surface area (Å²) in [5.74, 6) is 0.224. The second-order valence-corrected chi connectivity index (χ2v) is 8.97. The summed E-state index contributed by atoms with van der Waals surface area (Å²) in [6.07, 6.45) is 0. The molecule has 0 radical (unpaired) electrons. The molecule has 0 saturated heterocycles. The fourth-order valence-electron chi connectivity index (χ4n) is 5.62. The van der Waals surface area contributed by atoms with Crippen LogP contribution >= 0.6 is 0 Å². The molecule has 144 valence electrons. The molecule has 0 unspecified atom stereocenters. The van der Waals surface area contributed by atoms with Crippen LogP contribution in [-0.4, -0.2) is 0 Å². The topological polar surface area (TPSA) is 0 Å². The van der Waals surface area contributed by atoms with Gasteiger partial charge in [-0.15, -0.1) is 0 Å². The van der Waals surface area contributed by atoms with Gasteiger partial charge >= 0.3 is 0 Å². The van der Waals surface area contributed by atoms with E-state index in [0.717, 1.165) is 0 Å². The molecule has 6 rings (SSSR count). The van der Waals surface area contributed by atoms with Crippen molar-refractivity contribution in [2.75, 3.05) is 0 Å². The molecule has 0 aliphatic heterocycles. The predicted octanol–water partition coefficient (Wildman–Crippen LogP) is 7.81. The highest BCUT2D eigenvalue weighted by Gasteiger charge is 2.38. The Kier molecular flexibility index (Phi) is 3.67. The van der Waals surface area contributed by atoms with Crippen LogP contribution in [0.5, 0.6) is 0 Å². The molecule has 30 heavy (non-hydrogen) atoms. The molecule has 0 spiro atoms. The molecule has 1 aliphatic carbocycles. The van der Waals surface area contributed by atoms with Crippen molar-refractivity contribution in [2.24, 2.45) is 0 Å². The minimum atomic E-state index is -0.00985. The van der Waals surface area contributed by atoms with Gasteiger partial charge in [0.1, 0.15) is 0 Å². The number of fused-ring (bicyclic) bond motifs is 4. The number of rotatable bonds is 1. The zero-order valence-electron chi connectivity index (χ0n) is 17.4. The van der Waals surface area contributed by atoms with E-state index >= 15 is 0 Å². The van der Waals surface area contributed by atoms with Crippen molar-refractivity contribution in [1.29, 1.82) is 0 Å². The Bertz CT molecular complexity index is 1320. The summed E-state index contributed by atoms with van der Waals surface area (Å²) in [6.45, 7) is 4.73. The molecule has 0 aromatic heterocycles. The largest absolute Gasteiger partial charge is 0.0619 e. The maximum Gasteiger partial charge on any atom is 0.0358 e. The molecule has 0 heteroatoms. The summed E-state index contributed by atoms with van der Waals surface area (Å²) in [5, 5.41) is 5.33. The highest BCUT2D eigenvalue weighted by molar-refractivity contribution is 6.03. The smallest absolute Gasteiger partial charge is 0.0358 e. The van der Waals surface area contributed by atoms with Crippen LogP contribution in [0.15, 0.2) is 103 Å². The van der Waals surface area contributed by atoms with Crippen molar-refractivity contribution in [3.05, 3.63) is 131 Å². The second kappa shape index (κ2) is 6.31. The molecule has 0 heterocycles. The third-order valence-electron chi connectivity index (χ3n) is 6.99. The Hall–Kier alpha value is -3.38. The average Bonchev–Trinajstić information content (AvgIpc) is 2.79. The lowest BCUT2D eigenvalue weighted by Gasteiger charge is -2.40. The zero-order chi connectivity index (χ0) is 20.3. The summed E-state index contributed by atoms with van der Waals surface area (Å²) >= 11 is 0. The molecule has 0 atom stereocenters. The first kappa shape index (κ1) is 17.5. The first-order chi connectivity index (χ1) is 14.7. The average molecular weight is 385 g/mol. The normalized spacial score (nSPS) is 15.1.